The lowest BCUT2D eigenvalue weighted by Crippen LogP contribution is -2.49. The third-order valence-corrected chi connectivity index (χ3v) is 6.19. The first-order valence-corrected chi connectivity index (χ1v) is 10.5. The van der Waals surface area contributed by atoms with Gasteiger partial charge in [0.15, 0.2) is 0 Å². The summed E-state index contributed by atoms with van der Waals surface area (Å²) in [4.78, 5) is 31.2. The lowest BCUT2D eigenvalue weighted by molar-refractivity contribution is -0.117. The van der Waals surface area contributed by atoms with Crippen LogP contribution in [0.3, 0.4) is 0 Å². The Bertz CT molecular complexity index is 885. The van der Waals surface area contributed by atoms with Crippen molar-refractivity contribution in [1.82, 2.24) is 9.80 Å². The molecule has 4 rings (SSSR count). The third kappa shape index (κ3) is 4.20. The van der Waals surface area contributed by atoms with E-state index in [0.717, 1.165) is 44.8 Å². The number of rotatable bonds is 4. The molecule has 2 aromatic rings. The topological polar surface area (TPSA) is 43.9 Å². The Labute approximate surface area is 172 Å². The highest BCUT2D eigenvalue weighted by Crippen LogP contribution is 2.25. The molecule has 2 saturated heterocycles. The zero-order valence-corrected chi connectivity index (χ0v) is 17.3. The molecule has 2 amide bonds. The number of hydrogen-bond acceptors (Lipinski definition) is 3. The average molecular weight is 392 g/mol. The number of aryl methyl sites for hydroxylation is 1. The molecule has 1 unspecified atom stereocenters. The molecule has 0 saturated carbocycles. The van der Waals surface area contributed by atoms with E-state index in [2.05, 4.69) is 43.0 Å². The monoisotopic (exact) mass is 391 g/mol. The van der Waals surface area contributed by atoms with E-state index in [9.17, 15) is 9.59 Å². The number of carbonyl (C=O) groups excluding carboxylic acids is 2. The van der Waals surface area contributed by atoms with Gasteiger partial charge in [-0.15, -0.1) is 0 Å². The van der Waals surface area contributed by atoms with Gasteiger partial charge in [0.25, 0.3) is 5.91 Å². The smallest absolute Gasteiger partial charge is 0.254 e. The summed E-state index contributed by atoms with van der Waals surface area (Å²) in [5.41, 5.74) is 4.10. The maximum Gasteiger partial charge on any atom is 0.254 e. The lowest BCUT2D eigenvalue weighted by atomic mass is 10.0. The first kappa shape index (κ1) is 19.6. The van der Waals surface area contributed by atoms with Gasteiger partial charge >= 0.3 is 0 Å². The Morgan fingerprint density at radius 3 is 2.34 bits per heavy atom. The molecule has 0 aromatic heterocycles. The van der Waals surface area contributed by atoms with Crippen molar-refractivity contribution in [2.24, 2.45) is 0 Å². The van der Waals surface area contributed by atoms with Crippen LogP contribution in [0.4, 0.5) is 5.69 Å². The van der Waals surface area contributed by atoms with Crippen molar-refractivity contribution in [2.75, 3.05) is 37.6 Å². The van der Waals surface area contributed by atoms with E-state index in [-0.39, 0.29) is 11.8 Å². The van der Waals surface area contributed by atoms with Crippen molar-refractivity contribution in [1.29, 1.82) is 0 Å². The van der Waals surface area contributed by atoms with E-state index in [4.69, 9.17) is 0 Å². The van der Waals surface area contributed by atoms with Crippen molar-refractivity contribution in [2.45, 2.75) is 32.7 Å². The van der Waals surface area contributed by atoms with E-state index in [0.29, 0.717) is 18.0 Å². The number of hydrogen-bond donors (Lipinski definition) is 0. The molecule has 5 heteroatoms. The molecule has 2 aliphatic heterocycles. The standard InChI is InChI=1S/C24H29N3O2/c1-18-8-10-20(11-9-18)19(2)25-13-15-26(16-14-25)24(29)21-5-3-6-22(17-21)27-12-4-7-23(27)28/h3,5-6,8-11,17,19H,4,7,12-16H2,1-2H3. The minimum absolute atomic E-state index is 0.0566. The molecule has 0 bridgehead atoms. The van der Waals surface area contributed by atoms with Crippen LogP contribution >= 0.6 is 0 Å². The van der Waals surface area contributed by atoms with Crippen LogP contribution in [-0.2, 0) is 4.79 Å². The highest BCUT2D eigenvalue weighted by atomic mass is 16.2. The largest absolute Gasteiger partial charge is 0.336 e. The van der Waals surface area contributed by atoms with E-state index in [1.165, 1.54) is 11.1 Å². The normalized spacial score (nSPS) is 18.9. The number of anilines is 1. The van der Waals surface area contributed by atoms with Gasteiger partial charge in [0.1, 0.15) is 0 Å². The lowest BCUT2D eigenvalue weighted by Gasteiger charge is -2.38. The van der Waals surface area contributed by atoms with Crippen molar-refractivity contribution in [3.05, 3.63) is 65.2 Å². The second-order valence-electron chi connectivity index (χ2n) is 8.11. The van der Waals surface area contributed by atoms with Crippen LogP contribution in [0.5, 0.6) is 0 Å². The SMILES string of the molecule is Cc1ccc(C(C)N2CCN(C(=O)c3cccc(N4CCCC4=O)c3)CC2)cc1. The molecule has 1 atom stereocenters. The Morgan fingerprint density at radius 2 is 1.69 bits per heavy atom. The zero-order chi connectivity index (χ0) is 20.4. The summed E-state index contributed by atoms with van der Waals surface area (Å²) in [5.74, 6) is 0.203. The van der Waals surface area contributed by atoms with Gasteiger partial charge in [0.05, 0.1) is 0 Å². The van der Waals surface area contributed by atoms with Crippen LogP contribution in [0.2, 0.25) is 0 Å². The Morgan fingerprint density at radius 1 is 0.966 bits per heavy atom. The summed E-state index contributed by atoms with van der Waals surface area (Å²) in [7, 11) is 0. The summed E-state index contributed by atoms with van der Waals surface area (Å²) in [6.45, 7) is 8.26. The van der Waals surface area contributed by atoms with E-state index < -0.39 is 0 Å². The molecule has 2 fully saturated rings. The van der Waals surface area contributed by atoms with Crippen LogP contribution in [0, 0.1) is 6.92 Å². The fraction of sp³-hybridized carbons (Fsp3) is 0.417. The molecule has 2 aliphatic rings. The molecule has 0 radical (unpaired) electrons. The van der Waals surface area contributed by atoms with Crippen molar-refractivity contribution in [3.63, 3.8) is 0 Å². The number of nitrogens with zero attached hydrogens (tertiary/aromatic N) is 3. The maximum absolute atomic E-state index is 13.0. The Hall–Kier alpha value is -2.66. The van der Waals surface area contributed by atoms with E-state index in [1.807, 2.05) is 29.2 Å². The molecule has 0 N–H and O–H groups in total. The second kappa shape index (κ2) is 8.37. The molecule has 5 nitrogen and oxygen atoms in total. The highest BCUT2D eigenvalue weighted by Gasteiger charge is 2.27. The molecule has 2 aromatic carbocycles. The number of benzene rings is 2. The van der Waals surface area contributed by atoms with Gasteiger partial charge in [0, 0.05) is 56.4 Å². The van der Waals surface area contributed by atoms with Gasteiger partial charge in [-0.05, 0) is 44.0 Å². The molecule has 152 valence electrons. The predicted molar refractivity (Wildman–Crippen MR) is 115 cm³/mol. The van der Waals surface area contributed by atoms with Crippen molar-refractivity contribution in [3.8, 4) is 0 Å². The quantitative estimate of drug-likeness (QED) is 0.799. The van der Waals surface area contributed by atoms with E-state index in [1.54, 1.807) is 4.90 Å². The second-order valence-corrected chi connectivity index (χ2v) is 8.11. The number of piperazine rings is 1. The van der Waals surface area contributed by atoms with Gasteiger partial charge < -0.3 is 9.80 Å². The summed E-state index contributed by atoms with van der Waals surface area (Å²) >= 11 is 0. The maximum atomic E-state index is 13.0. The summed E-state index contributed by atoms with van der Waals surface area (Å²) in [6, 6.07) is 16.6. The van der Waals surface area contributed by atoms with Crippen molar-refractivity contribution >= 4 is 17.5 Å². The van der Waals surface area contributed by atoms with Gasteiger partial charge in [-0.1, -0.05) is 35.9 Å². The highest BCUT2D eigenvalue weighted by molar-refractivity contribution is 5.99. The molecule has 0 aliphatic carbocycles. The number of amides is 2. The van der Waals surface area contributed by atoms with Crippen LogP contribution < -0.4 is 4.90 Å². The van der Waals surface area contributed by atoms with Gasteiger partial charge in [-0.3, -0.25) is 14.5 Å². The molecule has 2 heterocycles. The summed E-state index contributed by atoms with van der Waals surface area (Å²) in [5, 5.41) is 0. The number of carbonyl (C=O) groups is 2. The third-order valence-electron chi connectivity index (χ3n) is 6.19. The predicted octanol–water partition coefficient (Wildman–Crippen LogP) is 3.64. The minimum Gasteiger partial charge on any atom is -0.336 e. The zero-order valence-electron chi connectivity index (χ0n) is 17.3. The van der Waals surface area contributed by atoms with E-state index >= 15 is 0 Å². The minimum atomic E-state index is 0.0566. The van der Waals surface area contributed by atoms with Gasteiger partial charge in [0.2, 0.25) is 5.91 Å². The summed E-state index contributed by atoms with van der Waals surface area (Å²) < 4.78 is 0. The average Bonchev–Trinajstić information content (AvgIpc) is 3.19. The molecule has 29 heavy (non-hydrogen) atoms. The van der Waals surface area contributed by atoms with Crippen LogP contribution in [0.25, 0.3) is 0 Å². The van der Waals surface area contributed by atoms with Crippen LogP contribution in [-0.4, -0.2) is 54.3 Å². The first-order chi connectivity index (χ1) is 14.0. The summed E-state index contributed by atoms with van der Waals surface area (Å²) in [6.07, 6.45) is 1.48. The molecular formula is C24H29N3O2. The van der Waals surface area contributed by atoms with Crippen molar-refractivity contribution < 1.29 is 9.59 Å². The Balaban J connectivity index is 1.39. The fourth-order valence-electron chi connectivity index (χ4n) is 4.28. The van der Waals surface area contributed by atoms with Crippen LogP contribution in [0.15, 0.2) is 48.5 Å². The first-order valence-electron chi connectivity index (χ1n) is 10.5. The fourth-order valence-corrected chi connectivity index (χ4v) is 4.28. The van der Waals surface area contributed by atoms with Crippen LogP contribution in [0.1, 0.15) is 47.3 Å². The molecular weight excluding hydrogens is 362 g/mol. The van der Waals surface area contributed by atoms with Gasteiger partial charge in [-0.2, -0.15) is 0 Å². The molecule has 0 spiro atoms. The Kier molecular flexibility index (Phi) is 5.67. The van der Waals surface area contributed by atoms with Gasteiger partial charge in [-0.25, -0.2) is 0 Å².